The number of nitrogens with zero attached hydrogens (tertiary/aromatic N) is 3. The predicted molar refractivity (Wildman–Crippen MR) is 147 cm³/mol. The molecular weight excluding hydrogens is 494 g/mol. The van der Waals surface area contributed by atoms with Gasteiger partial charge in [-0.05, 0) is 47.4 Å². The molecule has 7 rings (SSSR count). The first-order chi connectivity index (χ1) is 19.0. The van der Waals surface area contributed by atoms with Crippen LogP contribution in [0.1, 0.15) is 28.4 Å². The summed E-state index contributed by atoms with van der Waals surface area (Å²) in [5.74, 6) is -0.236. The van der Waals surface area contributed by atoms with E-state index in [1.165, 1.54) is 6.07 Å². The number of benzene rings is 3. The van der Waals surface area contributed by atoms with Crippen molar-refractivity contribution in [1.29, 1.82) is 0 Å². The molecule has 2 aromatic heterocycles. The SMILES string of the molecule is O=C1C2Cc3c([nH]c4ccccc34)C(c3cccc(N([O-])O)c3)N2C(=O)CN1CCc1c[nH]c2ccccc12. The highest BCUT2D eigenvalue weighted by molar-refractivity contribution is 5.97. The molecule has 2 aliphatic heterocycles. The van der Waals surface area contributed by atoms with E-state index in [9.17, 15) is 20.0 Å². The molecule has 3 aromatic carbocycles. The number of rotatable bonds is 5. The molecule has 5 aromatic rings. The first kappa shape index (κ1) is 23.5. The first-order valence-electron chi connectivity index (χ1n) is 13.0. The Hall–Kier alpha value is -4.60. The van der Waals surface area contributed by atoms with Gasteiger partial charge in [0.25, 0.3) is 0 Å². The van der Waals surface area contributed by atoms with Crippen LogP contribution < -0.4 is 5.23 Å². The van der Waals surface area contributed by atoms with Crippen LogP contribution in [0.25, 0.3) is 21.8 Å². The van der Waals surface area contributed by atoms with Crippen LogP contribution in [-0.2, 0) is 22.4 Å². The molecule has 3 N–H and O–H groups in total. The van der Waals surface area contributed by atoms with Gasteiger partial charge in [0, 0.05) is 46.7 Å². The number of aromatic nitrogens is 2. The second-order valence-electron chi connectivity index (χ2n) is 10.2. The second kappa shape index (κ2) is 9.00. The third-order valence-electron chi connectivity index (χ3n) is 8.08. The van der Waals surface area contributed by atoms with Crippen molar-refractivity contribution in [2.24, 2.45) is 0 Å². The Morgan fingerprint density at radius 1 is 0.974 bits per heavy atom. The van der Waals surface area contributed by atoms with Crippen LogP contribution in [-0.4, -0.2) is 55.9 Å². The summed E-state index contributed by atoms with van der Waals surface area (Å²) in [5.41, 5.74) is 5.60. The van der Waals surface area contributed by atoms with E-state index in [-0.39, 0.29) is 29.3 Å². The van der Waals surface area contributed by atoms with Crippen LogP contribution in [0.3, 0.4) is 0 Å². The maximum Gasteiger partial charge on any atom is 0.246 e. The molecule has 0 saturated carbocycles. The number of nitrogens with one attached hydrogen (secondary N) is 2. The van der Waals surface area contributed by atoms with E-state index in [1.54, 1.807) is 21.9 Å². The van der Waals surface area contributed by atoms with Crippen LogP contribution >= 0.6 is 0 Å². The van der Waals surface area contributed by atoms with Gasteiger partial charge in [0.05, 0.1) is 18.3 Å². The molecule has 1 fully saturated rings. The number of aromatic amines is 2. The van der Waals surface area contributed by atoms with Gasteiger partial charge in [-0.1, -0.05) is 48.5 Å². The predicted octanol–water partition coefficient (Wildman–Crippen LogP) is 4.27. The van der Waals surface area contributed by atoms with Crippen molar-refractivity contribution in [2.75, 3.05) is 18.3 Å². The number of anilines is 1. The monoisotopic (exact) mass is 520 g/mol. The Kier molecular flexibility index (Phi) is 5.43. The largest absolute Gasteiger partial charge is 0.733 e. The molecular formula is C30H26N5O4-. The molecule has 2 aliphatic rings. The maximum absolute atomic E-state index is 14.0. The summed E-state index contributed by atoms with van der Waals surface area (Å²) in [5, 5.41) is 23.2. The number of H-pyrrole nitrogens is 2. The van der Waals surface area contributed by atoms with Gasteiger partial charge < -0.3 is 30.2 Å². The van der Waals surface area contributed by atoms with Crippen molar-refractivity contribution in [3.05, 3.63) is 107 Å². The highest BCUT2D eigenvalue weighted by Gasteiger charge is 2.48. The summed E-state index contributed by atoms with van der Waals surface area (Å²) >= 11 is 0. The highest BCUT2D eigenvalue weighted by atomic mass is 16.8. The molecule has 0 bridgehead atoms. The minimum atomic E-state index is -0.674. The number of hydrogen-bond acceptors (Lipinski definition) is 5. The molecule has 0 aliphatic carbocycles. The molecule has 9 nitrogen and oxygen atoms in total. The molecule has 2 amide bonds. The number of carbonyl (C=O) groups is 2. The van der Waals surface area contributed by atoms with Crippen LogP contribution in [0.2, 0.25) is 0 Å². The van der Waals surface area contributed by atoms with Crippen molar-refractivity contribution >= 4 is 39.3 Å². The number of hydrogen-bond donors (Lipinski definition) is 3. The van der Waals surface area contributed by atoms with E-state index < -0.39 is 12.1 Å². The lowest BCUT2D eigenvalue weighted by Crippen LogP contribution is -2.63. The normalized spacial score (nSPS) is 19.0. The minimum Gasteiger partial charge on any atom is -0.733 e. The molecule has 9 heteroatoms. The Labute approximate surface area is 223 Å². The van der Waals surface area contributed by atoms with E-state index in [0.29, 0.717) is 24.9 Å². The number of para-hydroxylation sites is 2. The van der Waals surface area contributed by atoms with Crippen molar-refractivity contribution in [3.8, 4) is 0 Å². The molecule has 1 saturated heterocycles. The lowest BCUT2D eigenvalue weighted by Gasteiger charge is -2.47. The van der Waals surface area contributed by atoms with Crippen LogP contribution in [0, 0.1) is 5.21 Å². The second-order valence-corrected chi connectivity index (χ2v) is 10.2. The van der Waals surface area contributed by atoms with E-state index in [1.807, 2.05) is 54.7 Å². The number of carbonyl (C=O) groups excluding carboxylic acids is 2. The Balaban J connectivity index is 1.26. The third kappa shape index (κ3) is 3.77. The van der Waals surface area contributed by atoms with Gasteiger partial charge in [0.15, 0.2) is 0 Å². The fraction of sp³-hybridized carbons (Fsp3) is 0.200. The molecule has 39 heavy (non-hydrogen) atoms. The molecule has 2 unspecified atom stereocenters. The molecule has 2 atom stereocenters. The zero-order chi connectivity index (χ0) is 26.7. The molecule has 196 valence electrons. The Bertz CT molecular complexity index is 1740. The molecule has 0 spiro atoms. The molecule has 0 radical (unpaired) electrons. The summed E-state index contributed by atoms with van der Waals surface area (Å²) in [7, 11) is 0. The average Bonchev–Trinajstić information content (AvgIpc) is 3.54. The number of amides is 2. The lowest BCUT2D eigenvalue weighted by molar-refractivity contribution is -0.158. The zero-order valence-corrected chi connectivity index (χ0v) is 21.0. The van der Waals surface area contributed by atoms with E-state index >= 15 is 0 Å². The molecule has 4 heterocycles. The zero-order valence-electron chi connectivity index (χ0n) is 21.0. The lowest BCUT2D eigenvalue weighted by atomic mass is 9.86. The Morgan fingerprint density at radius 3 is 2.56 bits per heavy atom. The summed E-state index contributed by atoms with van der Waals surface area (Å²) in [6, 6.07) is 21.2. The number of fused-ring (bicyclic) bond motifs is 5. The Morgan fingerprint density at radius 2 is 1.74 bits per heavy atom. The summed E-state index contributed by atoms with van der Waals surface area (Å²) in [4.78, 5) is 37.8. The van der Waals surface area contributed by atoms with E-state index in [4.69, 9.17) is 0 Å². The summed E-state index contributed by atoms with van der Waals surface area (Å²) in [6.45, 7) is 0.421. The first-order valence-corrected chi connectivity index (χ1v) is 13.0. The summed E-state index contributed by atoms with van der Waals surface area (Å²) in [6.07, 6.45) is 3.00. The topological polar surface area (TPSA) is 119 Å². The van der Waals surface area contributed by atoms with E-state index in [0.717, 1.165) is 38.6 Å². The minimum absolute atomic E-state index is 0.0167. The van der Waals surface area contributed by atoms with Crippen molar-refractivity contribution in [3.63, 3.8) is 0 Å². The maximum atomic E-state index is 14.0. The van der Waals surface area contributed by atoms with Gasteiger partial charge in [-0.25, -0.2) is 0 Å². The van der Waals surface area contributed by atoms with Gasteiger partial charge in [0.1, 0.15) is 6.04 Å². The van der Waals surface area contributed by atoms with Crippen molar-refractivity contribution in [2.45, 2.75) is 24.9 Å². The van der Waals surface area contributed by atoms with Crippen LogP contribution in [0.5, 0.6) is 0 Å². The van der Waals surface area contributed by atoms with Crippen molar-refractivity contribution in [1.82, 2.24) is 19.8 Å². The number of piperazine rings is 1. The highest BCUT2D eigenvalue weighted by Crippen LogP contribution is 2.43. The smallest absolute Gasteiger partial charge is 0.246 e. The van der Waals surface area contributed by atoms with Gasteiger partial charge in [0.2, 0.25) is 11.8 Å². The van der Waals surface area contributed by atoms with Gasteiger partial charge in [-0.2, -0.15) is 0 Å². The van der Waals surface area contributed by atoms with Gasteiger partial charge >= 0.3 is 0 Å². The fourth-order valence-corrected chi connectivity index (χ4v) is 6.27. The van der Waals surface area contributed by atoms with Crippen molar-refractivity contribution < 1.29 is 14.8 Å². The van der Waals surface area contributed by atoms with Crippen LogP contribution in [0.15, 0.2) is 79.0 Å². The van der Waals surface area contributed by atoms with Crippen LogP contribution in [0.4, 0.5) is 5.69 Å². The quantitative estimate of drug-likeness (QED) is 0.299. The summed E-state index contributed by atoms with van der Waals surface area (Å²) < 4.78 is 0. The standard InChI is InChI=1S/C30H26N5O4/c36-27-17-33(13-12-19-16-31-24-10-3-1-8-21(19)24)30(37)26-15-23-22-9-2-4-11-25(22)32-28(23)29(34(26)27)18-6-5-7-20(14-18)35(38)39/h1-11,14,16,26,29,31-32,38H,12-13,15,17H2/q-1. The fourth-order valence-electron chi connectivity index (χ4n) is 6.27. The average molecular weight is 521 g/mol. The van der Waals surface area contributed by atoms with Gasteiger partial charge in [-0.3, -0.25) is 14.8 Å². The third-order valence-corrected chi connectivity index (χ3v) is 8.08. The van der Waals surface area contributed by atoms with Gasteiger partial charge in [-0.15, -0.1) is 0 Å². The van der Waals surface area contributed by atoms with E-state index in [2.05, 4.69) is 16.0 Å².